The van der Waals surface area contributed by atoms with E-state index in [2.05, 4.69) is 35.9 Å². The molecule has 1 unspecified atom stereocenters. The first-order chi connectivity index (χ1) is 29.6. The minimum absolute atomic E-state index is 0.0853. The van der Waals surface area contributed by atoms with Gasteiger partial charge in [-0.05, 0) is 92.6 Å². The van der Waals surface area contributed by atoms with E-state index in [1.54, 1.807) is 17.0 Å². The molecular formula is C45H49N9O7. The van der Waals surface area contributed by atoms with Crippen molar-refractivity contribution in [3.63, 3.8) is 0 Å². The average Bonchev–Trinajstić information content (AvgIpc) is 3.95. The SMILES string of the molecule is CO[C@@H](C(=O)N1Cc2[nH]nc(NC(=O)c3ccc(N4CCC(CN[C@H]5CCCN(c6ccc7c(c6)C(=O)N(C6CCC(=O)NC6=O)C7=O)C5)CC4)cc3)c2C1)c1ccccc1. The molecule has 9 rings (SSSR count). The lowest BCUT2D eigenvalue weighted by atomic mass is 9.95. The third-order valence-electron chi connectivity index (χ3n) is 12.8. The van der Waals surface area contributed by atoms with Crippen LogP contribution in [0.1, 0.15) is 92.5 Å². The third kappa shape index (κ3) is 8.00. The Morgan fingerprint density at radius 3 is 2.36 bits per heavy atom. The maximum Gasteiger partial charge on any atom is 0.262 e. The highest BCUT2D eigenvalue weighted by Gasteiger charge is 2.45. The van der Waals surface area contributed by atoms with Crippen LogP contribution in [0.4, 0.5) is 17.2 Å². The molecule has 0 aliphatic carbocycles. The van der Waals surface area contributed by atoms with Crippen molar-refractivity contribution in [3.05, 3.63) is 106 Å². The number of fused-ring (bicyclic) bond motifs is 2. The maximum atomic E-state index is 13.4. The molecule has 3 atom stereocenters. The summed E-state index contributed by atoms with van der Waals surface area (Å²) < 4.78 is 5.56. The molecule has 5 aliphatic heterocycles. The van der Waals surface area contributed by atoms with Crippen LogP contribution in [0, 0.1) is 5.92 Å². The van der Waals surface area contributed by atoms with E-state index in [1.807, 2.05) is 60.7 Å². The van der Waals surface area contributed by atoms with Gasteiger partial charge in [-0.15, -0.1) is 0 Å². The number of carbonyl (C=O) groups excluding carboxylic acids is 6. The summed E-state index contributed by atoms with van der Waals surface area (Å²) in [6.45, 7) is 5.02. The number of nitrogens with one attached hydrogen (secondary N) is 4. The van der Waals surface area contributed by atoms with Crippen LogP contribution < -0.4 is 25.8 Å². The number of carbonyl (C=O) groups is 6. The largest absolute Gasteiger partial charge is 0.372 e. The van der Waals surface area contributed by atoms with E-state index in [9.17, 15) is 28.8 Å². The maximum absolute atomic E-state index is 13.4. The first-order valence-corrected chi connectivity index (χ1v) is 21.1. The highest BCUT2D eigenvalue weighted by atomic mass is 16.5. The molecule has 4 aromatic rings. The molecule has 0 bridgehead atoms. The first kappa shape index (κ1) is 40.0. The summed E-state index contributed by atoms with van der Waals surface area (Å²) >= 11 is 0. The number of piperidine rings is 3. The average molecular weight is 828 g/mol. The summed E-state index contributed by atoms with van der Waals surface area (Å²) in [5.74, 6) is -1.48. The Bertz CT molecular complexity index is 2360. The van der Waals surface area contributed by atoms with Gasteiger partial charge in [0.05, 0.1) is 29.9 Å². The predicted octanol–water partition coefficient (Wildman–Crippen LogP) is 3.77. The van der Waals surface area contributed by atoms with Gasteiger partial charge in [0.25, 0.3) is 23.6 Å². The Kier molecular flexibility index (Phi) is 11.1. The zero-order chi connectivity index (χ0) is 42.2. The summed E-state index contributed by atoms with van der Waals surface area (Å²) in [4.78, 5) is 84.7. The van der Waals surface area contributed by atoms with Crippen molar-refractivity contribution in [1.29, 1.82) is 0 Å². The zero-order valence-electron chi connectivity index (χ0n) is 34.0. The molecule has 5 aliphatic rings. The van der Waals surface area contributed by atoms with Crippen LogP contribution in [0.5, 0.6) is 0 Å². The molecule has 3 saturated heterocycles. The molecule has 3 aromatic carbocycles. The van der Waals surface area contributed by atoms with Crippen molar-refractivity contribution < 1.29 is 33.5 Å². The van der Waals surface area contributed by atoms with E-state index in [1.165, 1.54) is 7.11 Å². The molecular weight excluding hydrogens is 779 g/mol. The van der Waals surface area contributed by atoms with Crippen molar-refractivity contribution in [3.8, 4) is 0 Å². The fourth-order valence-electron chi connectivity index (χ4n) is 9.34. The van der Waals surface area contributed by atoms with Crippen molar-refractivity contribution >= 4 is 52.6 Å². The van der Waals surface area contributed by atoms with Crippen LogP contribution in [0.3, 0.4) is 0 Å². The number of ether oxygens (including phenoxy) is 1. The number of anilines is 3. The van der Waals surface area contributed by atoms with Gasteiger partial charge < -0.3 is 30.1 Å². The summed E-state index contributed by atoms with van der Waals surface area (Å²) in [6.07, 6.45) is 3.61. The third-order valence-corrected chi connectivity index (χ3v) is 12.8. The number of benzene rings is 3. The standard InChI is InChI=1S/C45H49N9O7/c1-61-39(28-6-3-2-4-7-28)45(60)53-25-35-36(26-53)49-50-40(35)48-41(56)29-9-11-31(12-10-29)51-20-17-27(18-21-51)23-46-30-8-5-19-52(24-30)32-13-14-33-34(22-32)44(59)54(43(33)58)37-15-16-38(55)47-42(37)57/h2-4,6-7,9-14,22,27,30,37,39,46H,5,8,15-21,23-26H2,1H3,(H,47,55,57)(H2,48,49,50,56)/t30-,37?,39+/m0/s1. The number of aromatic nitrogens is 2. The van der Waals surface area contributed by atoms with Crippen molar-refractivity contribution in [2.45, 2.75) is 69.8 Å². The van der Waals surface area contributed by atoms with Gasteiger partial charge in [-0.25, -0.2) is 0 Å². The van der Waals surface area contributed by atoms with Gasteiger partial charge in [0.2, 0.25) is 11.8 Å². The lowest BCUT2D eigenvalue weighted by Gasteiger charge is -2.37. The van der Waals surface area contributed by atoms with Gasteiger partial charge in [0.15, 0.2) is 11.9 Å². The van der Waals surface area contributed by atoms with E-state index < -0.39 is 35.8 Å². The zero-order valence-corrected chi connectivity index (χ0v) is 34.0. The highest BCUT2D eigenvalue weighted by Crippen LogP contribution is 2.33. The normalized spacial score (nSPS) is 21.1. The van der Waals surface area contributed by atoms with Gasteiger partial charge >= 0.3 is 0 Å². The van der Waals surface area contributed by atoms with Gasteiger partial charge in [-0.1, -0.05) is 30.3 Å². The second-order valence-electron chi connectivity index (χ2n) is 16.6. The quantitative estimate of drug-likeness (QED) is 0.161. The fourth-order valence-corrected chi connectivity index (χ4v) is 9.34. The lowest BCUT2D eigenvalue weighted by Crippen LogP contribution is -2.54. The monoisotopic (exact) mass is 827 g/mol. The minimum atomic E-state index is -0.983. The van der Waals surface area contributed by atoms with Crippen LogP contribution in [-0.4, -0.2) is 107 Å². The van der Waals surface area contributed by atoms with Gasteiger partial charge in [-0.2, -0.15) is 5.10 Å². The molecule has 16 heteroatoms. The van der Waals surface area contributed by atoms with E-state index >= 15 is 0 Å². The smallest absolute Gasteiger partial charge is 0.262 e. The molecule has 4 N–H and O–H groups in total. The topological polar surface area (TPSA) is 189 Å². The molecule has 0 saturated carbocycles. The second-order valence-corrected chi connectivity index (χ2v) is 16.6. The highest BCUT2D eigenvalue weighted by molar-refractivity contribution is 6.23. The summed E-state index contributed by atoms with van der Waals surface area (Å²) in [7, 11) is 1.52. The molecule has 6 amide bonds. The van der Waals surface area contributed by atoms with Crippen LogP contribution in [0.15, 0.2) is 72.8 Å². The number of aromatic amines is 1. The van der Waals surface area contributed by atoms with Crippen LogP contribution >= 0.6 is 0 Å². The number of methoxy groups -OCH3 is 1. The molecule has 16 nitrogen and oxygen atoms in total. The Morgan fingerprint density at radius 1 is 0.852 bits per heavy atom. The van der Waals surface area contributed by atoms with Gasteiger partial charge in [-0.3, -0.25) is 44.1 Å². The number of rotatable bonds is 11. The Labute approximate surface area is 353 Å². The van der Waals surface area contributed by atoms with Crippen molar-refractivity contribution in [2.24, 2.45) is 5.92 Å². The Morgan fingerprint density at radius 2 is 1.61 bits per heavy atom. The molecule has 6 heterocycles. The van der Waals surface area contributed by atoms with Gasteiger partial charge in [0, 0.05) is 68.3 Å². The van der Waals surface area contributed by atoms with E-state index in [0.29, 0.717) is 36.0 Å². The molecule has 3 fully saturated rings. The minimum Gasteiger partial charge on any atom is -0.372 e. The van der Waals surface area contributed by atoms with Crippen LogP contribution in [0.25, 0.3) is 0 Å². The van der Waals surface area contributed by atoms with Crippen LogP contribution in [0.2, 0.25) is 0 Å². The number of nitrogens with zero attached hydrogens (tertiary/aromatic N) is 5. The predicted molar refractivity (Wildman–Crippen MR) is 225 cm³/mol. The second kappa shape index (κ2) is 16.9. The summed E-state index contributed by atoms with van der Waals surface area (Å²) in [5, 5.41) is 16.3. The number of hydrogen-bond donors (Lipinski definition) is 4. The van der Waals surface area contributed by atoms with Crippen molar-refractivity contribution in [1.82, 2.24) is 30.6 Å². The van der Waals surface area contributed by atoms with Crippen molar-refractivity contribution in [2.75, 3.05) is 55.0 Å². The number of H-pyrrole nitrogens is 1. The fraction of sp³-hybridized carbons (Fsp3) is 0.400. The summed E-state index contributed by atoms with van der Waals surface area (Å²) in [6, 6.07) is 21.7. The van der Waals surface area contributed by atoms with E-state index in [-0.39, 0.29) is 36.3 Å². The van der Waals surface area contributed by atoms with Gasteiger partial charge in [0.1, 0.15) is 6.04 Å². The molecule has 61 heavy (non-hydrogen) atoms. The first-order valence-electron chi connectivity index (χ1n) is 21.1. The molecule has 316 valence electrons. The Hall–Kier alpha value is -6.39. The Balaban J connectivity index is 0.733. The molecule has 0 radical (unpaired) electrons. The molecule has 1 aromatic heterocycles. The lowest BCUT2D eigenvalue weighted by molar-refractivity contribution is -0.143. The number of hydrogen-bond acceptors (Lipinski definition) is 11. The molecule has 0 spiro atoms. The number of amides is 6. The van der Waals surface area contributed by atoms with E-state index in [0.717, 1.165) is 91.5 Å². The summed E-state index contributed by atoms with van der Waals surface area (Å²) in [5.41, 5.74) is 5.41. The van der Waals surface area contributed by atoms with Crippen LogP contribution in [-0.2, 0) is 32.2 Å². The van der Waals surface area contributed by atoms with E-state index in [4.69, 9.17) is 4.74 Å². The number of imide groups is 2.